The van der Waals surface area contributed by atoms with Gasteiger partial charge in [-0.1, -0.05) is 23.3 Å². The van der Waals surface area contributed by atoms with Crippen molar-refractivity contribution in [1.29, 1.82) is 0 Å². The molecular weight excluding hydrogens is 352 g/mol. The number of amides is 1. The van der Waals surface area contributed by atoms with Gasteiger partial charge in [-0.3, -0.25) is 19.3 Å². The van der Waals surface area contributed by atoms with Crippen LogP contribution in [0.2, 0.25) is 5.02 Å². The van der Waals surface area contributed by atoms with Gasteiger partial charge in [-0.05, 0) is 31.6 Å². The molecule has 0 spiro atoms. The molecule has 1 N–H and O–H groups in total. The van der Waals surface area contributed by atoms with Crippen molar-refractivity contribution >= 4 is 23.3 Å². The zero-order chi connectivity index (χ0) is 18.8. The van der Waals surface area contributed by atoms with Gasteiger partial charge in [0.15, 0.2) is 5.78 Å². The number of aromatic nitrogens is 3. The fourth-order valence-electron chi connectivity index (χ4n) is 2.99. The van der Waals surface area contributed by atoms with E-state index >= 15 is 0 Å². The van der Waals surface area contributed by atoms with Crippen molar-refractivity contribution in [3.8, 4) is 11.4 Å². The summed E-state index contributed by atoms with van der Waals surface area (Å²) in [6.07, 6.45) is 5.54. The normalized spacial score (nSPS) is 14.5. The minimum atomic E-state index is -0.347. The average molecular weight is 371 g/mol. The molecule has 0 unspecified atom stereocenters. The Morgan fingerprint density at radius 2 is 2.08 bits per heavy atom. The lowest BCUT2D eigenvalue weighted by atomic mass is 9.92. The van der Waals surface area contributed by atoms with Crippen LogP contribution in [-0.2, 0) is 11.8 Å². The molecule has 0 aliphatic heterocycles. The van der Waals surface area contributed by atoms with Crippen molar-refractivity contribution in [2.24, 2.45) is 7.05 Å². The second-order valence-electron chi connectivity index (χ2n) is 6.30. The number of carbonyl (C=O) groups excluding carboxylic acids is 2. The minimum absolute atomic E-state index is 0.0409. The van der Waals surface area contributed by atoms with Crippen molar-refractivity contribution < 1.29 is 9.59 Å². The first-order valence-electron chi connectivity index (χ1n) is 8.19. The number of allylic oxidation sites excluding steroid dienone is 3. The Bertz CT molecular complexity index is 956. The van der Waals surface area contributed by atoms with E-state index in [4.69, 9.17) is 11.6 Å². The monoisotopic (exact) mass is 370 g/mol. The van der Waals surface area contributed by atoms with Crippen LogP contribution < -0.4 is 5.32 Å². The molecule has 2 aromatic rings. The number of ketones is 1. The third-order valence-corrected chi connectivity index (χ3v) is 4.72. The molecule has 7 heteroatoms. The summed E-state index contributed by atoms with van der Waals surface area (Å²) in [5.41, 5.74) is 4.05. The van der Waals surface area contributed by atoms with E-state index in [1.54, 1.807) is 30.1 Å². The predicted octanol–water partition coefficient (Wildman–Crippen LogP) is 3.10. The summed E-state index contributed by atoms with van der Waals surface area (Å²) < 4.78 is 1.64. The van der Waals surface area contributed by atoms with Gasteiger partial charge in [-0.25, -0.2) is 0 Å². The lowest BCUT2D eigenvalue weighted by molar-refractivity contribution is -0.115. The number of Topliss-reactive ketones (excluding diaryl/α,β-unsaturated/α-hetero) is 1. The molecule has 1 amide bonds. The lowest BCUT2D eigenvalue weighted by Gasteiger charge is -2.16. The first kappa shape index (κ1) is 18.1. The molecular formula is C19H19ClN4O2. The summed E-state index contributed by atoms with van der Waals surface area (Å²) in [5, 5.41) is 7.14. The summed E-state index contributed by atoms with van der Waals surface area (Å²) in [7, 11) is 1.78. The molecule has 0 bridgehead atoms. The summed E-state index contributed by atoms with van der Waals surface area (Å²) in [4.78, 5) is 29.0. The largest absolute Gasteiger partial charge is 0.348 e. The van der Waals surface area contributed by atoms with Gasteiger partial charge in [0, 0.05) is 38.0 Å². The predicted molar refractivity (Wildman–Crippen MR) is 99.9 cm³/mol. The Morgan fingerprint density at radius 1 is 1.31 bits per heavy atom. The van der Waals surface area contributed by atoms with Crippen LogP contribution in [0.4, 0.5) is 0 Å². The second kappa shape index (κ2) is 7.25. The number of pyridine rings is 1. The molecule has 2 heterocycles. The molecule has 1 aliphatic carbocycles. The highest BCUT2D eigenvalue weighted by Gasteiger charge is 2.20. The number of rotatable bonds is 4. The maximum atomic E-state index is 12.6. The second-order valence-corrected chi connectivity index (χ2v) is 6.67. The van der Waals surface area contributed by atoms with Crippen molar-refractivity contribution in [3.05, 3.63) is 57.9 Å². The van der Waals surface area contributed by atoms with E-state index in [-0.39, 0.29) is 23.3 Å². The van der Waals surface area contributed by atoms with Gasteiger partial charge < -0.3 is 5.32 Å². The molecule has 0 fully saturated rings. The number of hydrogen-bond donors (Lipinski definition) is 1. The Balaban J connectivity index is 1.82. The lowest BCUT2D eigenvalue weighted by Crippen LogP contribution is -2.29. The maximum Gasteiger partial charge on any atom is 0.253 e. The van der Waals surface area contributed by atoms with E-state index in [0.29, 0.717) is 28.9 Å². The van der Waals surface area contributed by atoms with Crippen molar-refractivity contribution in [3.63, 3.8) is 0 Å². The van der Waals surface area contributed by atoms with E-state index in [1.165, 1.54) is 6.20 Å². The Labute approximate surface area is 156 Å². The highest BCUT2D eigenvalue weighted by Crippen LogP contribution is 2.28. The van der Waals surface area contributed by atoms with E-state index in [9.17, 15) is 9.59 Å². The van der Waals surface area contributed by atoms with Crippen LogP contribution in [0.1, 0.15) is 30.6 Å². The molecule has 0 atom stereocenters. The highest BCUT2D eigenvalue weighted by molar-refractivity contribution is 6.36. The SMILES string of the molecule is CC1=CC(C)=C(CNC(=O)c2ccnc(-c3ccnn3C)c2Cl)C(=O)C1. The first-order valence-corrected chi connectivity index (χ1v) is 8.57. The van der Waals surface area contributed by atoms with Gasteiger partial charge in [0.1, 0.15) is 5.69 Å². The molecule has 0 radical (unpaired) electrons. The molecule has 0 saturated carbocycles. The third kappa shape index (κ3) is 3.46. The van der Waals surface area contributed by atoms with Crippen molar-refractivity contribution in [2.75, 3.05) is 6.54 Å². The molecule has 2 aromatic heterocycles. The first-order chi connectivity index (χ1) is 12.4. The fourth-order valence-corrected chi connectivity index (χ4v) is 3.29. The smallest absolute Gasteiger partial charge is 0.253 e. The highest BCUT2D eigenvalue weighted by atomic mass is 35.5. The molecule has 3 rings (SSSR count). The van der Waals surface area contributed by atoms with Crippen LogP contribution in [0, 0.1) is 0 Å². The quantitative estimate of drug-likeness (QED) is 0.897. The maximum absolute atomic E-state index is 12.6. The number of nitrogens with one attached hydrogen (secondary N) is 1. The van der Waals surface area contributed by atoms with Crippen LogP contribution in [-0.4, -0.2) is 33.0 Å². The van der Waals surface area contributed by atoms with E-state index in [0.717, 1.165) is 11.1 Å². The van der Waals surface area contributed by atoms with Crippen LogP contribution >= 0.6 is 11.6 Å². The standard InChI is InChI=1S/C19H19ClN4O2/c1-11-8-12(2)14(16(25)9-11)10-22-19(26)13-4-6-21-18(17(13)20)15-5-7-23-24(15)3/h4-8H,9-10H2,1-3H3,(H,22,26). The molecule has 0 saturated heterocycles. The Hall–Kier alpha value is -2.73. The van der Waals surface area contributed by atoms with Crippen molar-refractivity contribution in [1.82, 2.24) is 20.1 Å². The van der Waals surface area contributed by atoms with E-state index in [2.05, 4.69) is 15.4 Å². The molecule has 1 aliphatic rings. The van der Waals surface area contributed by atoms with Gasteiger partial charge in [-0.15, -0.1) is 0 Å². The van der Waals surface area contributed by atoms with E-state index < -0.39 is 0 Å². The molecule has 6 nitrogen and oxygen atoms in total. The number of nitrogens with zero attached hydrogens (tertiary/aromatic N) is 3. The average Bonchev–Trinajstić information content (AvgIpc) is 2.99. The number of hydrogen-bond acceptors (Lipinski definition) is 4. The summed E-state index contributed by atoms with van der Waals surface area (Å²) in [6.45, 7) is 3.97. The van der Waals surface area contributed by atoms with Crippen LogP contribution in [0.3, 0.4) is 0 Å². The molecule has 134 valence electrons. The molecule has 0 aromatic carbocycles. The summed E-state index contributed by atoms with van der Waals surface area (Å²) in [6, 6.07) is 3.34. The van der Waals surface area contributed by atoms with Gasteiger partial charge in [0.05, 0.1) is 16.3 Å². The van der Waals surface area contributed by atoms with Crippen LogP contribution in [0.5, 0.6) is 0 Å². The topological polar surface area (TPSA) is 76.9 Å². The van der Waals surface area contributed by atoms with Crippen LogP contribution in [0.15, 0.2) is 47.3 Å². The van der Waals surface area contributed by atoms with Crippen LogP contribution in [0.25, 0.3) is 11.4 Å². The fraction of sp³-hybridized carbons (Fsp3) is 0.263. The van der Waals surface area contributed by atoms with Gasteiger partial charge in [0.2, 0.25) is 0 Å². The summed E-state index contributed by atoms with van der Waals surface area (Å²) >= 11 is 6.41. The van der Waals surface area contributed by atoms with Gasteiger partial charge in [-0.2, -0.15) is 5.10 Å². The third-order valence-electron chi connectivity index (χ3n) is 4.34. The van der Waals surface area contributed by atoms with Crippen molar-refractivity contribution in [2.45, 2.75) is 20.3 Å². The molecule has 26 heavy (non-hydrogen) atoms. The number of halogens is 1. The number of carbonyl (C=O) groups is 2. The minimum Gasteiger partial charge on any atom is -0.348 e. The van der Waals surface area contributed by atoms with Gasteiger partial charge >= 0.3 is 0 Å². The zero-order valence-electron chi connectivity index (χ0n) is 14.8. The van der Waals surface area contributed by atoms with E-state index in [1.807, 2.05) is 19.9 Å². The Morgan fingerprint density at radius 3 is 2.73 bits per heavy atom. The number of aryl methyl sites for hydroxylation is 1. The zero-order valence-corrected chi connectivity index (χ0v) is 15.6. The summed E-state index contributed by atoms with van der Waals surface area (Å²) in [5.74, 6) is -0.306. The Kier molecular flexibility index (Phi) is 5.04. The van der Waals surface area contributed by atoms with Gasteiger partial charge in [0.25, 0.3) is 5.91 Å².